The Kier molecular flexibility index (Phi) is 5.65. The lowest BCUT2D eigenvalue weighted by Gasteiger charge is -2.15. The van der Waals surface area contributed by atoms with Crippen LogP contribution >= 0.6 is 22.9 Å². The first-order valence-corrected chi connectivity index (χ1v) is 8.25. The Hall–Kier alpha value is -1.52. The zero-order chi connectivity index (χ0) is 15.2. The van der Waals surface area contributed by atoms with Gasteiger partial charge in [-0.25, -0.2) is 0 Å². The minimum atomic E-state index is -0.114. The molecular formula is C16H19ClN2OS. The molecule has 0 aliphatic carbocycles. The number of amides is 1. The number of rotatable bonds is 6. The lowest BCUT2D eigenvalue weighted by molar-refractivity contribution is 0.0941. The summed E-state index contributed by atoms with van der Waals surface area (Å²) in [6, 6.07) is 9.33. The number of halogens is 1. The molecule has 1 aromatic carbocycles. The van der Waals surface area contributed by atoms with Crippen LogP contribution in [0.4, 0.5) is 5.69 Å². The molecule has 0 spiro atoms. The molecular weight excluding hydrogens is 304 g/mol. The summed E-state index contributed by atoms with van der Waals surface area (Å²) >= 11 is 7.66. The van der Waals surface area contributed by atoms with Crippen molar-refractivity contribution in [3.63, 3.8) is 0 Å². The topological polar surface area (TPSA) is 41.1 Å². The Bertz CT molecular complexity index is 598. The van der Waals surface area contributed by atoms with Crippen molar-refractivity contribution >= 4 is 34.5 Å². The van der Waals surface area contributed by atoms with Crippen LogP contribution < -0.4 is 10.6 Å². The van der Waals surface area contributed by atoms with Crippen LogP contribution in [0.1, 0.15) is 41.5 Å². The van der Waals surface area contributed by atoms with Crippen LogP contribution in [0.5, 0.6) is 0 Å². The quantitative estimate of drug-likeness (QED) is 0.808. The van der Waals surface area contributed by atoms with Gasteiger partial charge in [-0.3, -0.25) is 4.79 Å². The van der Waals surface area contributed by atoms with E-state index in [0.29, 0.717) is 10.6 Å². The monoisotopic (exact) mass is 322 g/mol. The standard InChI is InChI=1S/C16H19ClN2OS/c1-3-8-18-14-7-6-12(17)10-13(14)16(20)19-11(2)15-5-4-9-21-15/h4-7,9-11,18H,3,8H2,1-2H3,(H,19,20). The molecule has 0 bridgehead atoms. The van der Waals surface area contributed by atoms with Crippen molar-refractivity contribution in [2.24, 2.45) is 0 Å². The number of hydrogen-bond donors (Lipinski definition) is 2. The van der Waals surface area contributed by atoms with Crippen LogP contribution in [0.25, 0.3) is 0 Å². The van der Waals surface area contributed by atoms with Crippen LogP contribution in [-0.2, 0) is 0 Å². The van der Waals surface area contributed by atoms with Gasteiger partial charge in [0.2, 0.25) is 0 Å². The Labute approximate surface area is 134 Å². The highest BCUT2D eigenvalue weighted by Crippen LogP contribution is 2.23. The predicted molar refractivity (Wildman–Crippen MR) is 90.4 cm³/mol. The molecule has 3 nitrogen and oxygen atoms in total. The number of nitrogens with one attached hydrogen (secondary N) is 2. The average molecular weight is 323 g/mol. The molecule has 1 unspecified atom stereocenters. The van der Waals surface area contributed by atoms with Crippen molar-refractivity contribution in [2.75, 3.05) is 11.9 Å². The van der Waals surface area contributed by atoms with E-state index in [0.717, 1.165) is 23.5 Å². The smallest absolute Gasteiger partial charge is 0.253 e. The predicted octanol–water partition coefficient (Wildman–Crippen LogP) is 4.71. The fourth-order valence-electron chi connectivity index (χ4n) is 2.00. The summed E-state index contributed by atoms with van der Waals surface area (Å²) < 4.78 is 0. The Balaban J connectivity index is 2.15. The average Bonchev–Trinajstić information content (AvgIpc) is 3.00. The molecule has 21 heavy (non-hydrogen) atoms. The third-order valence-electron chi connectivity index (χ3n) is 3.11. The Morgan fingerprint density at radius 1 is 1.38 bits per heavy atom. The summed E-state index contributed by atoms with van der Waals surface area (Å²) in [6.07, 6.45) is 0.995. The molecule has 5 heteroatoms. The molecule has 1 amide bonds. The first kappa shape index (κ1) is 15.9. The molecule has 0 fully saturated rings. The summed E-state index contributed by atoms with van der Waals surface area (Å²) in [4.78, 5) is 13.6. The first-order chi connectivity index (χ1) is 10.1. The van der Waals surface area contributed by atoms with Crippen molar-refractivity contribution in [3.8, 4) is 0 Å². The number of carbonyl (C=O) groups is 1. The van der Waals surface area contributed by atoms with Crippen LogP contribution in [0.3, 0.4) is 0 Å². The van der Waals surface area contributed by atoms with Gasteiger partial charge in [0.15, 0.2) is 0 Å². The minimum absolute atomic E-state index is 0.0180. The van der Waals surface area contributed by atoms with Gasteiger partial charge in [-0.15, -0.1) is 11.3 Å². The molecule has 112 valence electrons. The second-order valence-electron chi connectivity index (χ2n) is 4.83. The second-order valence-corrected chi connectivity index (χ2v) is 6.24. The van der Waals surface area contributed by atoms with Crippen LogP contribution in [0.2, 0.25) is 5.02 Å². The van der Waals surface area contributed by atoms with Crippen LogP contribution in [0, 0.1) is 0 Å². The van der Waals surface area contributed by atoms with Gasteiger partial charge in [-0.1, -0.05) is 24.6 Å². The van der Waals surface area contributed by atoms with Crippen molar-refractivity contribution in [2.45, 2.75) is 26.3 Å². The molecule has 0 saturated carbocycles. The van der Waals surface area contributed by atoms with Gasteiger partial charge in [-0.05, 0) is 43.0 Å². The van der Waals surface area contributed by atoms with Gasteiger partial charge >= 0.3 is 0 Å². The van der Waals surface area contributed by atoms with Crippen molar-refractivity contribution < 1.29 is 4.79 Å². The van der Waals surface area contributed by atoms with Gasteiger partial charge in [-0.2, -0.15) is 0 Å². The molecule has 0 saturated heterocycles. The summed E-state index contributed by atoms with van der Waals surface area (Å²) in [7, 11) is 0. The zero-order valence-corrected chi connectivity index (χ0v) is 13.7. The van der Waals surface area contributed by atoms with Crippen LogP contribution in [0.15, 0.2) is 35.7 Å². The molecule has 1 heterocycles. The van der Waals surface area contributed by atoms with Crippen molar-refractivity contribution in [1.29, 1.82) is 0 Å². The van der Waals surface area contributed by atoms with E-state index in [-0.39, 0.29) is 11.9 Å². The molecule has 2 N–H and O–H groups in total. The van der Waals surface area contributed by atoms with Gasteiger partial charge in [0.25, 0.3) is 5.91 Å². The van der Waals surface area contributed by atoms with Crippen LogP contribution in [-0.4, -0.2) is 12.5 Å². The van der Waals surface area contributed by atoms with E-state index in [2.05, 4.69) is 17.6 Å². The third kappa shape index (κ3) is 4.22. The summed E-state index contributed by atoms with van der Waals surface area (Å²) in [5.41, 5.74) is 1.40. The molecule has 0 radical (unpaired) electrons. The Morgan fingerprint density at radius 3 is 2.86 bits per heavy atom. The van der Waals surface area contributed by atoms with Gasteiger partial charge in [0, 0.05) is 22.1 Å². The molecule has 0 aliphatic heterocycles. The largest absolute Gasteiger partial charge is 0.384 e. The minimum Gasteiger partial charge on any atom is -0.384 e. The van der Waals surface area contributed by atoms with E-state index in [1.54, 1.807) is 23.5 Å². The second kappa shape index (κ2) is 7.48. The number of carbonyl (C=O) groups excluding carboxylic acids is 1. The maximum atomic E-state index is 12.5. The summed E-state index contributed by atoms with van der Waals surface area (Å²) in [5.74, 6) is -0.114. The maximum Gasteiger partial charge on any atom is 0.253 e. The van der Waals surface area contributed by atoms with Crippen molar-refractivity contribution in [3.05, 3.63) is 51.2 Å². The maximum absolute atomic E-state index is 12.5. The van der Waals surface area contributed by atoms with E-state index in [1.807, 2.05) is 30.5 Å². The van der Waals surface area contributed by atoms with Gasteiger partial charge in [0.1, 0.15) is 0 Å². The van der Waals surface area contributed by atoms with E-state index in [4.69, 9.17) is 11.6 Å². The van der Waals surface area contributed by atoms with Gasteiger partial charge < -0.3 is 10.6 Å². The van der Waals surface area contributed by atoms with E-state index < -0.39 is 0 Å². The zero-order valence-electron chi connectivity index (χ0n) is 12.2. The number of hydrogen-bond acceptors (Lipinski definition) is 3. The fourth-order valence-corrected chi connectivity index (χ4v) is 2.91. The molecule has 0 aliphatic rings. The molecule has 2 rings (SSSR count). The number of anilines is 1. The number of benzene rings is 1. The Morgan fingerprint density at radius 2 is 2.19 bits per heavy atom. The lowest BCUT2D eigenvalue weighted by atomic mass is 10.1. The van der Waals surface area contributed by atoms with Crippen molar-refractivity contribution in [1.82, 2.24) is 5.32 Å². The molecule has 2 aromatic rings. The summed E-state index contributed by atoms with van der Waals surface area (Å²) in [5, 5.41) is 8.84. The number of thiophene rings is 1. The third-order valence-corrected chi connectivity index (χ3v) is 4.40. The fraction of sp³-hybridized carbons (Fsp3) is 0.312. The molecule has 1 aromatic heterocycles. The summed E-state index contributed by atoms with van der Waals surface area (Å²) in [6.45, 7) is 4.89. The lowest BCUT2D eigenvalue weighted by Crippen LogP contribution is -2.27. The van der Waals surface area contributed by atoms with Gasteiger partial charge in [0.05, 0.1) is 11.6 Å². The van der Waals surface area contributed by atoms with E-state index in [9.17, 15) is 4.79 Å². The highest BCUT2D eigenvalue weighted by atomic mass is 35.5. The van der Waals surface area contributed by atoms with E-state index in [1.165, 1.54) is 0 Å². The normalized spacial score (nSPS) is 12.0. The molecule has 1 atom stereocenters. The highest BCUT2D eigenvalue weighted by molar-refractivity contribution is 7.10. The SMILES string of the molecule is CCCNc1ccc(Cl)cc1C(=O)NC(C)c1cccs1. The highest BCUT2D eigenvalue weighted by Gasteiger charge is 2.15. The van der Waals surface area contributed by atoms with E-state index >= 15 is 0 Å². The first-order valence-electron chi connectivity index (χ1n) is 6.99.